The number of rotatable bonds is 11. The number of imide groups is 1. The highest BCUT2D eigenvalue weighted by atomic mass is 19.1. The van der Waals surface area contributed by atoms with Gasteiger partial charge in [-0.05, 0) is 110 Å². The molecule has 0 aliphatic carbocycles. The fourth-order valence-corrected chi connectivity index (χ4v) is 11.0. The molecule has 5 aromatic rings. The zero-order valence-corrected chi connectivity index (χ0v) is 39.2. The molecule has 10 rings (SSSR count). The second-order valence-electron chi connectivity index (χ2n) is 19.0. The Bertz CT molecular complexity index is 2930. The number of likely N-dealkylation sites (tertiary alicyclic amines) is 1. The highest BCUT2D eigenvalue weighted by molar-refractivity contribution is 6.02. The molecule has 360 valence electrons. The molecule has 4 saturated heterocycles. The summed E-state index contributed by atoms with van der Waals surface area (Å²) in [6.45, 7) is 7.23. The fraction of sp³-hybridized carbons (Fsp3) is 0.412. The summed E-state index contributed by atoms with van der Waals surface area (Å²) in [6, 6.07) is 20.1. The Labute approximate surface area is 399 Å². The summed E-state index contributed by atoms with van der Waals surface area (Å²) in [4.78, 5) is 86.3. The number of carbonyl (C=O) groups is 5. The van der Waals surface area contributed by atoms with Gasteiger partial charge < -0.3 is 25.4 Å². The molecule has 2 unspecified atom stereocenters. The van der Waals surface area contributed by atoms with Crippen LogP contribution in [0.4, 0.5) is 27.1 Å². The molecule has 17 nitrogen and oxygen atoms in total. The van der Waals surface area contributed by atoms with E-state index in [9.17, 15) is 28.8 Å². The van der Waals surface area contributed by atoms with E-state index in [1.807, 2.05) is 47.4 Å². The largest absolute Gasteiger partial charge is 0.367 e. The zero-order valence-electron chi connectivity index (χ0n) is 39.2. The predicted molar refractivity (Wildman–Crippen MR) is 261 cm³/mol. The van der Waals surface area contributed by atoms with Gasteiger partial charge in [0.05, 0.1) is 22.4 Å². The number of hydrogen-bond acceptors (Lipinski definition) is 11. The maximum atomic E-state index is 17.2. The number of imidazole rings is 1. The van der Waals surface area contributed by atoms with Crippen LogP contribution in [0.3, 0.4) is 0 Å². The molecule has 4 aromatic carbocycles. The Morgan fingerprint density at radius 3 is 2.30 bits per heavy atom. The van der Waals surface area contributed by atoms with Crippen LogP contribution in [0.25, 0.3) is 22.2 Å². The van der Waals surface area contributed by atoms with Crippen LogP contribution in [0.1, 0.15) is 72.1 Å². The van der Waals surface area contributed by atoms with Crippen LogP contribution in [0.15, 0.2) is 77.6 Å². The molecule has 0 saturated carbocycles. The standard InChI is InChI=1S/C51H58FN11O6/c1-53-48(66)32-7-4-8-34(27-32)54-50(68)46-44-38(58(3)56-46)15-14-37(45(44)52)36-13-12-35(62-20-6-11-43(62)65)28-33(36)30-59-21-18-31(19-22-59)29-60-23-25-61(26-24-60)39-9-5-10-40-47(39)57(2)51(69)63(40)41-16-17-42(64)55-49(41)67/h4-5,7-10,12-15,27-28,31,41,46,56H,6,11,16-26,29-30H2,1-3H3,(H,53,66)(H,54,68)(H,55,64,67). The topological polar surface area (TPSA) is 177 Å². The average molecular weight is 940 g/mol. The van der Waals surface area contributed by atoms with E-state index in [2.05, 4.69) is 36.1 Å². The summed E-state index contributed by atoms with van der Waals surface area (Å²) in [5, 5.41) is 9.50. The Morgan fingerprint density at radius 2 is 1.57 bits per heavy atom. The first kappa shape index (κ1) is 45.9. The molecule has 2 atom stereocenters. The van der Waals surface area contributed by atoms with Crippen molar-refractivity contribution in [1.29, 1.82) is 0 Å². The number of benzene rings is 4. The average Bonchev–Trinajstić information content (AvgIpc) is 4.02. The lowest BCUT2D eigenvalue weighted by molar-refractivity contribution is -0.135. The van der Waals surface area contributed by atoms with E-state index in [1.165, 1.54) is 11.6 Å². The molecule has 6 heterocycles. The van der Waals surface area contributed by atoms with E-state index >= 15 is 4.39 Å². The van der Waals surface area contributed by atoms with Crippen molar-refractivity contribution in [2.24, 2.45) is 13.0 Å². The van der Waals surface area contributed by atoms with E-state index in [1.54, 1.807) is 54.0 Å². The van der Waals surface area contributed by atoms with Gasteiger partial charge in [0, 0.05) is 108 Å². The Morgan fingerprint density at radius 1 is 0.797 bits per heavy atom. The number of piperidine rings is 2. The third-order valence-corrected chi connectivity index (χ3v) is 14.7. The quantitative estimate of drug-likeness (QED) is 0.139. The number of anilines is 4. The summed E-state index contributed by atoms with van der Waals surface area (Å²) < 4.78 is 20.3. The number of aromatic nitrogens is 2. The summed E-state index contributed by atoms with van der Waals surface area (Å²) in [7, 11) is 5.02. The van der Waals surface area contributed by atoms with Crippen molar-refractivity contribution in [2.75, 3.05) is 86.6 Å². The molecule has 5 amide bonds. The van der Waals surface area contributed by atoms with Gasteiger partial charge in [0.1, 0.15) is 17.9 Å². The Hall–Kier alpha value is -6.89. The van der Waals surface area contributed by atoms with Crippen LogP contribution in [-0.4, -0.2) is 115 Å². The van der Waals surface area contributed by atoms with E-state index in [0.29, 0.717) is 59.0 Å². The Kier molecular flexibility index (Phi) is 12.6. The van der Waals surface area contributed by atoms with Gasteiger partial charge in [-0.15, -0.1) is 0 Å². The highest BCUT2D eigenvalue weighted by Gasteiger charge is 2.37. The summed E-state index contributed by atoms with van der Waals surface area (Å²) in [5.74, 6) is -1.44. The van der Waals surface area contributed by atoms with Crippen molar-refractivity contribution in [3.63, 3.8) is 0 Å². The number of nitrogens with one attached hydrogen (secondary N) is 4. The van der Waals surface area contributed by atoms with Crippen molar-refractivity contribution in [2.45, 2.75) is 57.2 Å². The zero-order chi connectivity index (χ0) is 48.1. The lowest BCUT2D eigenvalue weighted by atomic mass is 9.92. The van der Waals surface area contributed by atoms with E-state index in [-0.39, 0.29) is 41.8 Å². The summed E-state index contributed by atoms with van der Waals surface area (Å²) >= 11 is 0. The molecule has 4 fully saturated rings. The van der Waals surface area contributed by atoms with Crippen molar-refractivity contribution < 1.29 is 28.4 Å². The van der Waals surface area contributed by atoms with Gasteiger partial charge in [-0.25, -0.2) is 14.6 Å². The number of piperazine rings is 1. The van der Waals surface area contributed by atoms with E-state index in [4.69, 9.17) is 0 Å². The van der Waals surface area contributed by atoms with Crippen molar-refractivity contribution in [1.82, 2.24) is 35.0 Å². The van der Waals surface area contributed by atoms with Gasteiger partial charge in [-0.3, -0.25) is 48.2 Å². The van der Waals surface area contributed by atoms with Gasteiger partial charge in [-0.2, -0.15) is 0 Å². The number of halogens is 1. The van der Waals surface area contributed by atoms with E-state index < -0.39 is 29.7 Å². The number of amides is 5. The lowest BCUT2D eigenvalue weighted by Gasteiger charge is -2.40. The minimum Gasteiger partial charge on any atom is -0.367 e. The monoisotopic (exact) mass is 939 g/mol. The van der Waals surface area contributed by atoms with Crippen LogP contribution < -0.4 is 41.9 Å². The van der Waals surface area contributed by atoms with Gasteiger partial charge in [-0.1, -0.05) is 18.2 Å². The SMILES string of the molecule is CNC(=O)c1cccc(NC(=O)C2NN(C)c3ccc(-c4ccc(N5CCCC5=O)cc4CN4CCC(CN5CCN(c6cccc7c6n(C)c(=O)n7C6CCC(=O)NC6=O)CC5)CC4)c(F)c32)c1. The number of hydrogen-bond donors (Lipinski definition) is 4. The maximum Gasteiger partial charge on any atom is 0.329 e. The van der Waals surface area contributed by atoms with Crippen LogP contribution in [0, 0.1) is 11.7 Å². The van der Waals surface area contributed by atoms with E-state index in [0.717, 1.165) is 87.5 Å². The minimum atomic E-state index is -1.04. The van der Waals surface area contributed by atoms with Gasteiger partial charge in [0.2, 0.25) is 23.6 Å². The molecule has 5 aliphatic heterocycles. The molecular formula is C51H58FN11O6. The van der Waals surface area contributed by atoms with Crippen molar-refractivity contribution in [3.05, 3.63) is 106 Å². The van der Waals surface area contributed by atoms with Crippen LogP contribution >= 0.6 is 0 Å². The second kappa shape index (κ2) is 18.9. The number of hydrazine groups is 1. The predicted octanol–water partition coefficient (Wildman–Crippen LogP) is 4.28. The van der Waals surface area contributed by atoms with Crippen LogP contribution in [-0.2, 0) is 32.8 Å². The maximum absolute atomic E-state index is 17.2. The molecule has 18 heteroatoms. The molecule has 1 aromatic heterocycles. The fourth-order valence-electron chi connectivity index (χ4n) is 11.0. The number of carbonyl (C=O) groups excluding carboxylic acids is 5. The summed E-state index contributed by atoms with van der Waals surface area (Å²) in [6.07, 6.45) is 3.77. The number of para-hydroxylation sites is 1. The molecule has 5 aliphatic rings. The van der Waals surface area contributed by atoms with Gasteiger partial charge >= 0.3 is 5.69 Å². The molecule has 69 heavy (non-hydrogen) atoms. The molecule has 4 N–H and O–H groups in total. The highest BCUT2D eigenvalue weighted by Crippen LogP contribution is 2.41. The van der Waals surface area contributed by atoms with Crippen molar-refractivity contribution in [3.8, 4) is 11.1 Å². The number of fused-ring (bicyclic) bond motifs is 2. The molecule has 0 spiro atoms. The summed E-state index contributed by atoms with van der Waals surface area (Å²) in [5.41, 5.74) is 9.64. The first-order valence-corrected chi connectivity index (χ1v) is 24.0. The first-order chi connectivity index (χ1) is 33.4. The van der Waals surface area contributed by atoms with Crippen molar-refractivity contribution >= 4 is 63.3 Å². The minimum absolute atomic E-state index is 0.0782. The first-order valence-electron chi connectivity index (χ1n) is 24.0. The van der Waals surface area contributed by atoms with Gasteiger partial charge in [0.15, 0.2) is 0 Å². The third kappa shape index (κ3) is 8.76. The molecular weight excluding hydrogens is 882 g/mol. The smallest absolute Gasteiger partial charge is 0.329 e. The van der Waals surface area contributed by atoms with Gasteiger partial charge in [0.25, 0.3) is 5.91 Å². The lowest BCUT2D eigenvalue weighted by Crippen LogP contribution is -2.49. The Balaban J connectivity index is 0.817. The number of nitrogens with zero attached hydrogens (tertiary/aromatic N) is 7. The third-order valence-electron chi connectivity index (χ3n) is 14.7. The normalized spacial score (nSPS) is 20.5. The van der Waals surface area contributed by atoms with Crippen LogP contribution in [0.5, 0.6) is 0 Å². The molecule has 0 radical (unpaired) electrons. The second-order valence-corrected chi connectivity index (χ2v) is 19.0. The number of aryl methyl sites for hydroxylation is 1. The van der Waals surface area contributed by atoms with Crippen LogP contribution in [0.2, 0.25) is 0 Å². The molecule has 0 bridgehead atoms.